The minimum absolute atomic E-state index is 0.160. The SMILES string of the molecule is CN1CCC(N(C)c2nc3nnc(-c4ccc(-c5cn[nH]c5)cc4O)cc3s2)C1. The van der Waals surface area contributed by atoms with E-state index in [4.69, 9.17) is 0 Å². The van der Waals surface area contributed by atoms with Crippen molar-refractivity contribution in [2.45, 2.75) is 12.5 Å². The fraction of sp³-hybridized carbons (Fsp3) is 0.300. The highest BCUT2D eigenvalue weighted by Crippen LogP contribution is 2.35. The molecule has 0 bridgehead atoms. The lowest BCUT2D eigenvalue weighted by molar-refractivity contribution is 0.409. The molecular formula is C20H21N7OS. The average Bonchev–Trinajstić information content (AvgIpc) is 3.47. The molecule has 4 aromatic rings. The van der Waals surface area contributed by atoms with Crippen LogP contribution in [0.25, 0.3) is 32.7 Å². The number of phenols is 1. The van der Waals surface area contributed by atoms with Gasteiger partial charge in [0.25, 0.3) is 0 Å². The summed E-state index contributed by atoms with van der Waals surface area (Å²) in [6.45, 7) is 2.15. The molecule has 8 nitrogen and oxygen atoms in total. The predicted molar refractivity (Wildman–Crippen MR) is 114 cm³/mol. The second-order valence-electron chi connectivity index (χ2n) is 7.45. The maximum Gasteiger partial charge on any atom is 0.194 e. The summed E-state index contributed by atoms with van der Waals surface area (Å²) in [5.41, 5.74) is 3.72. The molecule has 1 aromatic carbocycles. The highest BCUT2D eigenvalue weighted by Gasteiger charge is 2.25. The van der Waals surface area contributed by atoms with E-state index >= 15 is 0 Å². The van der Waals surface area contributed by atoms with Crippen LogP contribution in [0.1, 0.15) is 6.42 Å². The summed E-state index contributed by atoms with van der Waals surface area (Å²) in [4.78, 5) is 9.25. The van der Waals surface area contributed by atoms with Gasteiger partial charge in [-0.15, -0.1) is 10.2 Å². The second-order valence-corrected chi connectivity index (χ2v) is 8.46. The number of hydrogen-bond donors (Lipinski definition) is 2. The molecule has 2 N–H and O–H groups in total. The molecule has 0 radical (unpaired) electrons. The zero-order valence-electron chi connectivity index (χ0n) is 16.2. The zero-order valence-corrected chi connectivity index (χ0v) is 17.0. The highest BCUT2D eigenvalue weighted by molar-refractivity contribution is 7.22. The number of aromatic amines is 1. The standard InChI is InChI=1S/C20H21N7OS/c1-26-6-5-14(11-26)27(2)20-23-19-18(29-20)8-16(24-25-19)15-4-3-12(7-17(15)28)13-9-21-22-10-13/h3-4,7-10,14,28H,5-6,11H2,1-2H3,(H,21,22). The number of likely N-dealkylation sites (N-methyl/N-ethyl adjacent to an activating group) is 2. The van der Waals surface area contributed by atoms with E-state index in [9.17, 15) is 5.11 Å². The fourth-order valence-corrected chi connectivity index (χ4v) is 4.71. The summed E-state index contributed by atoms with van der Waals surface area (Å²) in [5, 5.41) is 26.8. The molecule has 0 aliphatic carbocycles. The van der Waals surface area contributed by atoms with Crippen molar-refractivity contribution in [2.24, 2.45) is 0 Å². The summed E-state index contributed by atoms with van der Waals surface area (Å²) in [7, 11) is 4.24. The van der Waals surface area contributed by atoms with Gasteiger partial charge >= 0.3 is 0 Å². The first kappa shape index (κ1) is 18.0. The Morgan fingerprint density at radius 2 is 2.14 bits per heavy atom. The molecule has 5 rings (SSSR count). The minimum Gasteiger partial charge on any atom is -0.507 e. The number of nitrogens with one attached hydrogen (secondary N) is 1. The zero-order chi connectivity index (χ0) is 20.0. The number of hydrogen-bond acceptors (Lipinski definition) is 8. The molecule has 1 atom stereocenters. The maximum absolute atomic E-state index is 10.6. The van der Waals surface area contributed by atoms with E-state index in [1.54, 1.807) is 29.8 Å². The molecule has 1 unspecified atom stereocenters. The number of rotatable bonds is 4. The molecule has 148 valence electrons. The molecule has 1 aliphatic heterocycles. The van der Waals surface area contributed by atoms with E-state index in [0.29, 0.717) is 22.9 Å². The van der Waals surface area contributed by atoms with E-state index in [1.165, 1.54) is 0 Å². The van der Waals surface area contributed by atoms with Crippen molar-refractivity contribution in [3.05, 3.63) is 36.7 Å². The van der Waals surface area contributed by atoms with Crippen molar-refractivity contribution < 1.29 is 5.11 Å². The first-order chi connectivity index (χ1) is 14.1. The Kier molecular flexibility index (Phi) is 4.40. The number of aromatic nitrogens is 5. The van der Waals surface area contributed by atoms with E-state index in [0.717, 1.165) is 40.5 Å². The third kappa shape index (κ3) is 3.32. The van der Waals surface area contributed by atoms with Gasteiger partial charge in [0.15, 0.2) is 10.8 Å². The molecule has 0 saturated carbocycles. The normalized spacial score (nSPS) is 17.2. The van der Waals surface area contributed by atoms with E-state index < -0.39 is 0 Å². The van der Waals surface area contributed by atoms with Crippen LogP contribution in [0.15, 0.2) is 36.7 Å². The van der Waals surface area contributed by atoms with Crippen molar-refractivity contribution in [1.82, 2.24) is 30.3 Å². The lowest BCUT2D eigenvalue weighted by atomic mass is 10.0. The van der Waals surface area contributed by atoms with Crippen LogP contribution < -0.4 is 4.90 Å². The number of fused-ring (bicyclic) bond motifs is 1. The van der Waals surface area contributed by atoms with Gasteiger partial charge in [0.2, 0.25) is 0 Å². The Morgan fingerprint density at radius 1 is 1.24 bits per heavy atom. The Hall–Kier alpha value is -3.04. The Bertz CT molecular complexity index is 1160. The predicted octanol–water partition coefficient (Wildman–Crippen LogP) is 2.99. The molecule has 9 heteroatoms. The van der Waals surface area contributed by atoms with Crippen molar-refractivity contribution in [3.8, 4) is 28.1 Å². The fourth-order valence-electron chi connectivity index (χ4n) is 3.74. The largest absolute Gasteiger partial charge is 0.507 e. The summed E-state index contributed by atoms with van der Waals surface area (Å²) in [6.07, 6.45) is 4.65. The minimum atomic E-state index is 0.160. The van der Waals surface area contributed by atoms with Crippen LogP contribution in [0, 0.1) is 0 Å². The number of H-pyrrole nitrogens is 1. The van der Waals surface area contributed by atoms with Gasteiger partial charge in [0.1, 0.15) is 5.75 Å². The summed E-state index contributed by atoms with van der Waals surface area (Å²) in [5.74, 6) is 0.160. The lowest BCUT2D eigenvalue weighted by Gasteiger charge is -2.23. The number of anilines is 1. The van der Waals surface area contributed by atoms with Gasteiger partial charge in [-0.05, 0) is 43.8 Å². The third-order valence-corrected chi connectivity index (χ3v) is 6.55. The van der Waals surface area contributed by atoms with E-state index in [2.05, 4.69) is 49.3 Å². The number of likely N-dealkylation sites (tertiary alicyclic amines) is 1. The molecule has 1 aliphatic rings. The molecule has 0 amide bonds. The molecule has 4 heterocycles. The van der Waals surface area contributed by atoms with Crippen molar-refractivity contribution in [2.75, 3.05) is 32.1 Å². The number of thiazole rings is 1. The third-order valence-electron chi connectivity index (χ3n) is 5.46. The van der Waals surface area contributed by atoms with Crippen molar-refractivity contribution in [1.29, 1.82) is 0 Å². The summed E-state index contributed by atoms with van der Waals surface area (Å²) in [6, 6.07) is 7.93. The molecule has 0 spiro atoms. The maximum atomic E-state index is 10.6. The van der Waals surface area contributed by atoms with Crippen LogP contribution in [0.4, 0.5) is 5.13 Å². The number of phenolic OH excluding ortho intramolecular Hbond substituents is 1. The Labute approximate surface area is 171 Å². The first-order valence-electron chi connectivity index (χ1n) is 9.46. The van der Waals surface area contributed by atoms with Crippen LogP contribution in [-0.4, -0.2) is 68.6 Å². The summed E-state index contributed by atoms with van der Waals surface area (Å²) >= 11 is 1.61. The van der Waals surface area contributed by atoms with E-state index in [-0.39, 0.29) is 5.75 Å². The monoisotopic (exact) mass is 407 g/mol. The van der Waals surface area contributed by atoms with Gasteiger partial charge < -0.3 is 14.9 Å². The average molecular weight is 408 g/mol. The molecule has 3 aromatic heterocycles. The van der Waals surface area contributed by atoms with Gasteiger partial charge in [-0.25, -0.2) is 0 Å². The molecule has 1 fully saturated rings. The molecule has 29 heavy (non-hydrogen) atoms. The molecular weight excluding hydrogens is 386 g/mol. The quantitative estimate of drug-likeness (QED) is 0.537. The highest BCUT2D eigenvalue weighted by atomic mass is 32.1. The number of benzene rings is 1. The van der Waals surface area contributed by atoms with Gasteiger partial charge in [0, 0.05) is 37.0 Å². The van der Waals surface area contributed by atoms with Crippen LogP contribution in [0.3, 0.4) is 0 Å². The topological polar surface area (TPSA) is 94.1 Å². The first-order valence-corrected chi connectivity index (χ1v) is 10.3. The van der Waals surface area contributed by atoms with Crippen LogP contribution in [-0.2, 0) is 0 Å². The van der Waals surface area contributed by atoms with E-state index in [1.807, 2.05) is 18.2 Å². The van der Waals surface area contributed by atoms with Gasteiger partial charge in [-0.2, -0.15) is 10.1 Å². The summed E-state index contributed by atoms with van der Waals surface area (Å²) < 4.78 is 0.960. The Balaban J connectivity index is 1.46. The van der Waals surface area contributed by atoms with Crippen LogP contribution in [0.5, 0.6) is 5.75 Å². The van der Waals surface area contributed by atoms with Gasteiger partial charge in [-0.3, -0.25) is 5.10 Å². The van der Waals surface area contributed by atoms with Crippen molar-refractivity contribution in [3.63, 3.8) is 0 Å². The smallest absolute Gasteiger partial charge is 0.194 e. The van der Waals surface area contributed by atoms with Crippen LogP contribution >= 0.6 is 11.3 Å². The number of aromatic hydroxyl groups is 1. The van der Waals surface area contributed by atoms with Crippen LogP contribution in [0.2, 0.25) is 0 Å². The molecule has 1 saturated heterocycles. The van der Waals surface area contributed by atoms with Gasteiger partial charge in [0.05, 0.1) is 16.6 Å². The Morgan fingerprint density at radius 3 is 2.86 bits per heavy atom. The van der Waals surface area contributed by atoms with Gasteiger partial charge in [-0.1, -0.05) is 17.4 Å². The number of nitrogens with zero attached hydrogens (tertiary/aromatic N) is 6. The lowest BCUT2D eigenvalue weighted by Crippen LogP contribution is -2.33. The second kappa shape index (κ2) is 7.09. The van der Waals surface area contributed by atoms with Crippen molar-refractivity contribution >= 4 is 26.8 Å².